The molecular formula is C19H17ClN2O3. The number of benzene rings is 2. The van der Waals surface area contributed by atoms with Gasteiger partial charge < -0.3 is 14.1 Å². The molecule has 3 aromatic rings. The molecule has 0 spiro atoms. The second-order valence-corrected chi connectivity index (χ2v) is 6.54. The van der Waals surface area contributed by atoms with Crippen molar-refractivity contribution in [1.29, 1.82) is 0 Å². The van der Waals surface area contributed by atoms with Crippen molar-refractivity contribution in [1.82, 2.24) is 4.98 Å². The van der Waals surface area contributed by atoms with E-state index in [2.05, 4.69) is 9.88 Å². The Kier molecular flexibility index (Phi) is 4.32. The number of hydrogen-bond donors (Lipinski definition) is 0. The van der Waals surface area contributed by atoms with Crippen LogP contribution in [0.5, 0.6) is 5.75 Å². The van der Waals surface area contributed by atoms with Gasteiger partial charge in [0.2, 0.25) is 0 Å². The Hall–Kier alpha value is -2.53. The number of carbonyl (C=O) groups is 1. The molecule has 2 heterocycles. The van der Waals surface area contributed by atoms with Gasteiger partial charge in [-0.1, -0.05) is 23.7 Å². The third-order valence-corrected chi connectivity index (χ3v) is 4.67. The van der Waals surface area contributed by atoms with Crippen molar-refractivity contribution >= 4 is 34.7 Å². The molecule has 1 aliphatic heterocycles. The Morgan fingerprint density at radius 2 is 1.84 bits per heavy atom. The monoisotopic (exact) mass is 356 g/mol. The van der Waals surface area contributed by atoms with Crippen LogP contribution in [0.3, 0.4) is 0 Å². The molecule has 6 heteroatoms. The highest BCUT2D eigenvalue weighted by Crippen LogP contribution is 2.27. The zero-order valence-corrected chi connectivity index (χ0v) is 14.3. The van der Waals surface area contributed by atoms with Gasteiger partial charge in [-0.05, 0) is 49.2 Å². The van der Waals surface area contributed by atoms with Crippen molar-refractivity contribution in [3.05, 3.63) is 53.6 Å². The van der Waals surface area contributed by atoms with Crippen LogP contribution < -0.4 is 9.64 Å². The lowest BCUT2D eigenvalue weighted by Gasteiger charge is -2.29. The predicted octanol–water partition coefficient (Wildman–Crippen LogP) is 4.30. The van der Waals surface area contributed by atoms with Crippen LogP contribution in [0.15, 0.2) is 52.9 Å². The Morgan fingerprint density at radius 1 is 1.12 bits per heavy atom. The number of para-hydroxylation sites is 2. The van der Waals surface area contributed by atoms with Gasteiger partial charge in [0.1, 0.15) is 11.3 Å². The van der Waals surface area contributed by atoms with Gasteiger partial charge >= 0.3 is 5.97 Å². The highest BCUT2D eigenvalue weighted by molar-refractivity contribution is 6.30. The third-order valence-electron chi connectivity index (χ3n) is 4.41. The zero-order valence-electron chi connectivity index (χ0n) is 13.5. The summed E-state index contributed by atoms with van der Waals surface area (Å²) in [5, 5.41) is 0.617. The molecule has 1 fully saturated rings. The minimum absolute atomic E-state index is 0.115. The van der Waals surface area contributed by atoms with E-state index in [0.29, 0.717) is 42.7 Å². The van der Waals surface area contributed by atoms with E-state index in [-0.39, 0.29) is 11.9 Å². The number of ether oxygens (including phenoxy) is 1. The second kappa shape index (κ2) is 6.76. The van der Waals surface area contributed by atoms with Crippen LogP contribution in [0.25, 0.3) is 11.1 Å². The van der Waals surface area contributed by atoms with E-state index < -0.39 is 0 Å². The zero-order chi connectivity index (χ0) is 17.2. The Bertz CT molecular complexity index is 850. The smallest absolute Gasteiger partial charge is 0.314 e. The molecule has 0 atom stereocenters. The van der Waals surface area contributed by atoms with E-state index in [1.165, 1.54) is 0 Å². The molecular weight excluding hydrogens is 340 g/mol. The molecule has 5 nitrogen and oxygen atoms in total. The van der Waals surface area contributed by atoms with Gasteiger partial charge in [0.25, 0.3) is 6.01 Å². The molecule has 0 N–H and O–H groups in total. The van der Waals surface area contributed by atoms with Crippen molar-refractivity contribution < 1.29 is 13.9 Å². The lowest BCUT2D eigenvalue weighted by atomic mass is 9.97. The van der Waals surface area contributed by atoms with E-state index in [0.717, 1.165) is 11.1 Å². The highest BCUT2D eigenvalue weighted by Gasteiger charge is 2.28. The number of anilines is 1. The average molecular weight is 357 g/mol. The quantitative estimate of drug-likeness (QED) is 0.517. The first-order chi connectivity index (χ1) is 12.2. The summed E-state index contributed by atoms with van der Waals surface area (Å²) in [4.78, 5) is 18.9. The van der Waals surface area contributed by atoms with Crippen LogP contribution in [0.1, 0.15) is 12.8 Å². The van der Waals surface area contributed by atoms with Gasteiger partial charge in [-0.15, -0.1) is 0 Å². The first-order valence-corrected chi connectivity index (χ1v) is 8.64. The molecule has 0 aliphatic carbocycles. The Balaban J connectivity index is 1.37. The molecule has 128 valence electrons. The van der Waals surface area contributed by atoms with Crippen molar-refractivity contribution in [2.75, 3.05) is 18.0 Å². The number of carbonyl (C=O) groups excluding carboxylic acids is 1. The summed E-state index contributed by atoms with van der Waals surface area (Å²) in [6.45, 7) is 1.43. The third kappa shape index (κ3) is 3.46. The normalized spacial score (nSPS) is 15.5. The van der Waals surface area contributed by atoms with Gasteiger partial charge in [0, 0.05) is 18.1 Å². The number of rotatable bonds is 3. The molecule has 1 aliphatic rings. The van der Waals surface area contributed by atoms with Crippen LogP contribution in [0, 0.1) is 5.92 Å². The first kappa shape index (κ1) is 16.0. The summed E-state index contributed by atoms with van der Waals surface area (Å²) in [5.74, 6) is 0.214. The maximum Gasteiger partial charge on any atom is 0.314 e. The molecule has 25 heavy (non-hydrogen) atoms. The van der Waals surface area contributed by atoms with Gasteiger partial charge in [-0.3, -0.25) is 4.79 Å². The largest absolute Gasteiger partial charge is 0.426 e. The molecule has 0 saturated carbocycles. The number of esters is 1. The standard InChI is InChI=1S/C19H17ClN2O3/c20-14-5-7-15(8-6-14)24-18(23)13-9-11-22(12-10-13)19-21-16-3-1-2-4-17(16)25-19/h1-8,13H,9-12H2. The lowest BCUT2D eigenvalue weighted by Crippen LogP contribution is -2.37. The summed E-state index contributed by atoms with van der Waals surface area (Å²) in [5.41, 5.74) is 1.63. The SMILES string of the molecule is O=C(Oc1ccc(Cl)cc1)C1CCN(c2nc3ccccc3o2)CC1. The molecule has 2 aromatic carbocycles. The van der Waals surface area contributed by atoms with Gasteiger partial charge in [0.05, 0.1) is 5.92 Å². The van der Waals surface area contributed by atoms with Gasteiger partial charge in [0.15, 0.2) is 5.58 Å². The van der Waals surface area contributed by atoms with Crippen molar-refractivity contribution in [3.8, 4) is 5.75 Å². The van der Waals surface area contributed by atoms with E-state index in [1.54, 1.807) is 24.3 Å². The average Bonchev–Trinajstić information content (AvgIpc) is 3.08. The molecule has 1 saturated heterocycles. The lowest BCUT2D eigenvalue weighted by molar-refractivity contribution is -0.139. The number of nitrogens with zero attached hydrogens (tertiary/aromatic N) is 2. The molecule has 1 aromatic heterocycles. The highest BCUT2D eigenvalue weighted by atomic mass is 35.5. The van der Waals surface area contributed by atoms with Crippen LogP contribution in [-0.2, 0) is 4.79 Å². The Labute approximate surface area is 150 Å². The molecule has 0 unspecified atom stereocenters. The fourth-order valence-electron chi connectivity index (χ4n) is 3.00. The van der Waals surface area contributed by atoms with Crippen LogP contribution in [0.2, 0.25) is 5.02 Å². The van der Waals surface area contributed by atoms with Crippen LogP contribution in [0.4, 0.5) is 6.01 Å². The fourth-order valence-corrected chi connectivity index (χ4v) is 3.13. The predicted molar refractivity (Wildman–Crippen MR) is 96.0 cm³/mol. The number of fused-ring (bicyclic) bond motifs is 1. The number of aromatic nitrogens is 1. The molecule has 0 bridgehead atoms. The van der Waals surface area contributed by atoms with Crippen molar-refractivity contribution in [2.24, 2.45) is 5.92 Å². The maximum atomic E-state index is 12.3. The summed E-state index contributed by atoms with van der Waals surface area (Å²) in [6.07, 6.45) is 1.43. The van der Waals surface area contributed by atoms with Crippen LogP contribution >= 0.6 is 11.6 Å². The minimum atomic E-state index is -0.195. The topological polar surface area (TPSA) is 55.6 Å². The van der Waals surface area contributed by atoms with E-state index >= 15 is 0 Å². The maximum absolute atomic E-state index is 12.3. The van der Waals surface area contributed by atoms with Gasteiger partial charge in [-0.25, -0.2) is 0 Å². The van der Waals surface area contributed by atoms with Crippen molar-refractivity contribution in [3.63, 3.8) is 0 Å². The summed E-state index contributed by atoms with van der Waals surface area (Å²) in [7, 11) is 0. The summed E-state index contributed by atoms with van der Waals surface area (Å²) in [6, 6.07) is 15.1. The number of hydrogen-bond acceptors (Lipinski definition) is 5. The minimum Gasteiger partial charge on any atom is -0.426 e. The first-order valence-electron chi connectivity index (χ1n) is 8.27. The van der Waals surface area contributed by atoms with Crippen molar-refractivity contribution in [2.45, 2.75) is 12.8 Å². The summed E-state index contributed by atoms with van der Waals surface area (Å²) >= 11 is 5.84. The number of piperidine rings is 1. The van der Waals surface area contributed by atoms with E-state index in [1.807, 2.05) is 24.3 Å². The van der Waals surface area contributed by atoms with Crippen LogP contribution in [-0.4, -0.2) is 24.0 Å². The fraction of sp³-hybridized carbons (Fsp3) is 0.263. The summed E-state index contributed by atoms with van der Waals surface area (Å²) < 4.78 is 11.2. The molecule has 0 amide bonds. The second-order valence-electron chi connectivity index (χ2n) is 6.10. The number of oxazole rings is 1. The molecule has 4 rings (SSSR count). The number of halogens is 1. The Morgan fingerprint density at radius 3 is 2.56 bits per heavy atom. The molecule has 0 radical (unpaired) electrons. The van der Waals surface area contributed by atoms with E-state index in [4.69, 9.17) is 20.8 Å². The van der Waals surface area contributed by atoms with Gasteiger partial charge in [-0.2, -0.15) is 4.98 Å². The van der Waals surface area contributed by atoms with E-state index in [9.17, 15) is 4.79 Å².